The number of allylic oxidation sites excluding steroid dienone is 2. The predicted molar refractivity (Wildman–Crippen MR) is 93.7 cm³/mol. The summed E-state index contributed by atoms with van der Waals surface area (Å²) in [6.07, 6.45) is 10.4. The van der Waals surface area contributed by atoms with E-state index < -0.39 is 0 Å². The second-order valence-corrected chi connectivity index (χ2v) is 5.67. The van der Waals surface area contributed by atoms with Gasteiger partial charge in [0.2, 0.25) is 0 Å². The van der Waals surface area contributed by atoms with Crippen LogP contribution < -0.4 is 10.4 Å². The summed E-state index contributed by atoms with van der Waals surface area (Å²) in [7, 11) is 0. The lowest BCUT2D eigenvalue weighted by molar-refractivity contribution is 0.974. The average molecular weight is 293 g/mol. The van der Waals surface area contributed by atoms with E-state index in [0.29, 0.717) is 0 Å². The van der Waals surface area contributed by atoms with Crippen molar-refractivity contribution in [3.8, 4) is 11.1 Å². The van der Waals surface area contributed by atoms with Crippen molar-refractivity contribution in [1.82, 2.24) is 0 Å². The lowest BCUT2D eigenvalue weighted by atomic mass is 9.88. The Morgan fingerprint density at radius 2 is 1.90 bits per heavy atom. The highest BCUT2D eigenvalue weighted by Crippen LogP contribution is 2.28. The molecule has 21 heavy (non-hydrogen) atoms. The molecule has 2 aromatic carbocycles. The zero-order valence-corrected chi connectivity index (χ0v) is 12.7. The van der Waals surface area contributed by atoms with Gasteiger partial charge in [0.05, 0.1) is 0 Å². The van der Waals surface area contributed by atoms with Gasteiger partial charge < -0.3 is 0 Å². The molecule has 0 spiro atoms. The SMILES string of the molecule is C=C/C=c1/cc(-c2ccc(Cl)cc2)c2c(c1=C)CCC=C2. The minimum Gasteiger partial charge on any atom is -0.0990 e. The third kappa shape index (κ3) is 2.59. The molecule has 0 fully saturated rings. The highest BCUT2D eigenvalue weighted by Gasteiger charge is 2.12. The zero-order valence-electron chi connectivity index (χ0n) is 11.9. The van der Waals surface area contributed by atoms with Crippen molar-refractivity contribution >= 4 is 30.3 Å². The third-order valence-electron chi connectivity index (χ3n) is 3.93. The molecule has 0 aromatic heterocycles. The molecule has 0 saturated heterocycles. The molecular weight excluding hydrogens is 276 g/mol. The standard InChI is InChI=1S/C20H17Cl/c1-3-6-16-13-20(15-9-11-17(21)12-10-15)19-8-5-4-7-18(19)14(16)2/h3,5-6,8-13H,1-2,4,7H2/b16-6-. The fourth-order valence-electron chi connectivity index (χ4n) is 2.87. The normalized spacial score (nSPS) is 14.0. The Kier molecular flexibility index (Phi) is 3.81. The second kappa shape index (κ2) is 5.75. The summed E-state index contributed by atoms with van der Waals surface area (Å²) in [5.74, 6) is 0. The Balaban J connectivity index is 2.35. The quantitative estimate of drug-likeness (QED) is 0.772. The van der Waals surface area contributed by atoms with E-state index in [9.17, 15) is 0 Å². The number of benzene rings is 2. The summed E-state index contributed by atoms with van der Waals surface area (Å²) in [6.45, 7) is 8.08. The van der Waals surface area contributed by atoms with Gasteiger partial charge in [-0.15, -0.1) is 0 Å². The maximum Gasteiger partial charge on any atom is 0.0406 e. The fourth-order valence-corrected chi connectivity index (χ4v) is 2.99. The molecule has 0 saturated carbocycles. The van der Waals surface area contributed by atoms with Crippen molar-refractivity contribution in [3.63, 3.8) is 0 Å². The Morgan fingerprint density at radius 1 is 1.14 bits per heavy atom. The second-order valence-electron chi connectivity index (χ2n) is 5.23. The molecule has 1 heteroatoms. The predicted octanol–water partition coefficient (Wildman–Crippen LogP) is 4.34. The molecule has 2 aromatic rings. The number of fused-ring (bicyclic) bond motifs is 1. The van der Waals surface area contributed by atoms with Gasteiger partial charge in [0.25, 0.3) is 0 Å². The van der Waals surface area contributed by atoms with Gasteiger partial charge in [0.15, 0.2) is 0 Å². The minimum atomic E-state index is 0.759. The van der Waals surface area contributed by atoms with Crippen molar-refractivity contribution in [2.75, 3.05) is 0 Å². The molecule has 0 nitrogen and oxygen atoms in total. The first kappa shape index (κ1) is 13.9. The van der Waals surface area contributed by atoms with E-state index in [2.05, 4.69) is 43.5 Å². The molecule has 0 N–H and O–H groups in total. The van der Waals surface area contributed by atoms with E-state index in [4.69, 9.17) is 11.6 Å². The van der Waals surface area contributed by atoms with Gasteiger partial charge in [-0.25, -0.2) is 0 Å². The van der Waals surface area contributed by atoms with Crippen LogP contribution in [0.2, 0.25) is 5.02 Å². The van der Waals surface area contributed by atoms with Crippen LogP contribution in [0.4, 0.5) is 0 Å². The van der Waals surface area contributed by atoms with E-state index in [-0.39, 0.29) is 0 Å². The van der Waals surface area contributed by atoms with Gasteiger partial charge in [-0.1, -0.05) is 61.2 Å². The van der Waals surface area contributed by atoms with E-state index in [1.807, 2.05) is 24.3 Å². The summed E-state index contributed by atoms with van der Waals surface area (Å²) in [5.41, 5.74) is 5.05. The highest BCUT2D eigenvalue weighted by atomic mass is 35.5. The molecule has 104 valence electrons. The lowest BCUT2D eigenvalue weighted by Crippen LogP contribution is -2.29. The fraction of sp³-hybridized carbons (Fsp3) is 0.100. The summed E-state index contributed by atoms with van der Waals surface area (Å²) in [6, 6.07) is 10.2. The molecule has 0 radical (unpaired) electrons. The summed E-state index contributed by atoms with van der Waals surface area (Å²) in [5, 5.41) is 3.02. The molecule has 1 aliphatic rings. The van der Waals surface area contributed by atoms with Crippen LogP contribution in [0.5, 0.6) is 0 Å². The van der Waals surface area contributed by atoms with E-state index in [1.54, 1.807) is 0 Å². The van der Waals surface area contributed by atoms with Gasteiger partial charge in [-0.2, -0.15) is 0 Å². The lowest BCUT2D eigenvalue weighted by Gasteiger charge is -2.17. The van der Waals surface area contributed by atoms with Crippen molar-refractivity contribution in [2.24, 2.45) is 0 Å². The van der Waals surface area contributed by atoms with Gasteiger partial charge >= 0.3 is 0 Å². The zero-order chi connectivity index (χ0) is 14.8. The molecule has 0 heterocycles. The summed E-state index contributed by atoms with van der Waals surface area (Å²) in [4.78, 5) is 0. The molecular formula is C20H17Cl. The third-order valence-corrected chi connectivity index (χ3v) is 4.18. The van der Waals surface area contributed by atoms with Crippen LogP contribution in [-0.4, -0.2) is 0 Å². The molecule has 0 amide bonds. The number of hydrogen-bond donors (Lipinski definition) is 0. The summed E-state index contributed by atoms with van der Waals surface area (Å²) >= 11 is 6.01. The monoisotopic (exact) mass is 292 g/mol. The van der Waals surface area contributed by atoms with Gasteiger partial charge in [-0.3, -0.25) is 0 Å². The van der Waals surface area contributed by atoms with Crippen LogP contribution in [0.1, 0.15) is 17.5 Å². The van der Waals surface area contributed by atoms with Crippen LogP contribution in [0.15, 0.2) is 49.1 Å². The molecule has 0 bridgehead atoms. The Hall–Kier alpha value is -2.05. The topological polar surface area (TPSA) is 0 Å². The van der Waals surface area contributed by atoms with Crippen molar-refractivity contribution < 1.29 is 0 Å². The Bertz CT molecular complexity index is 824. The number of rotatable bonds is 2. The first-order valence-corrected chi connectivity index (χ1v) is 7.48. The van der Waals surface area contributed by atoms with Crippen LogP contribution in [-0.2, 0) is 6.42 Å². The average Bonchev–Trinajstić information content (AvgIpc) is 2.51. The largest absolute Gasteiger partial charge is 0.0990 e. The molecule has 0 atom stereocenters. The van der Waals surface area contributed by atoms with Crippen LogP contribution in [0.3, 0.4) is 0 Å². The van der Waals surface area contributed by atoms with Crippen LogP contribution >= 0.6 is 11.6 Å². The van der Waals surface area contributed by atoms with Gasteiger partial charge in [0, 0.05) is 5.02 Å². The maximum absolute atomic E-state index is 6.01. The highest BCUT2D eigenvalue weighted by molar-refractivity contribution is 6.30. The molecule has 3 rings (SSSR count). The smallest absolute Gasteiger partial charge is 0.0406 e. The molecule has 0 aliphatic heterocycles. The van der Waals surface area contributed by atoms with Gasteiger partial charge in [0.1, 0.15) is 0 Å². The van der Waals surface area contributed by atoms with E-state index in [1.165, 1.54) is 22.3 Å². The van der Waals surface area contributed by atoms with Crippen molar-refractivity contribution in [1.29, 1.82) is 0 Å². The maximum atomic E-state index is 6.01. The first-order valence-electron chi connectivity index (χ1n) is 7.11. The minimum absolute atomic E-state index is 0.759. The van der Waals surface area contributed by atoms with Crippen molar-refractivity contribution in [3.05, 3.63) is 75.6 Å². The number of hydrogen-bond acceptors (Lipinski definition) is 0. The molecule has 0 unspecified atom stereocenters. The van der Waals surface area contributed by atoms with Crippen molar-refractivity contribution in [2.45, 2.75) is 12.8 Å². The van der Waals surface area contributed by atoms with Crippen LogP contribution in [0, 0.1) is 0 Å². The summed E-state index contributed by atoms with van der Waals surface area (Å²) < 4.78 is 0. The van der Waals surface area contributed by atoms with E-state index >= 15 is 0 Å². The van der Waals surface area contributed by atoms with Crippen LogP contribution in [0.25, 0.3) is 29.9 Å². The number of halogens is 1. The Morgan fingerprint density at radius 3 is 2.62 bits per heavy atom. The van der Waals surface area contributed by atoms with Gasteiger partial charge in [-0.05, 0) is 63.7 Å². The van der Waals surface area contributed by atoms with E-state index in [0.717, 1.165) is 28.3 Å². The molecule has 1 aliphatic carbocycles. The Labute approximate surface area is 130 Å². The first-order chi connectivity index (χ1) is 10.2.